The van der Waals surface area contributed by atoms with Crippen LogP contribution in [0.2, 0.25) is 0 Å². The Morgan fingerprint density at radius 3 is 2.64 bits per heavy atom. The van der Waals surface area contributed by atoms with E-state index in [2.05, 4.69) is 6.07 Å². The number of anilines is 1. The molecule has 2 atom stereocenters. The summed E-state index contributed by atoms with van der Waals surface area (Å²) >= 11 is 1.68. The summed E-state index contributed by atoms with van der Waals surface area (Å²) in [5.74, 6) is 1.34. The maximum Gasteiger partial charge on any atom is 0.230 e. The van der Waals surface area contributed by atoms with Crippen molar-refractivity contribution in [3.05, 3.63) is 46.7 Å². The molecular weight excluding hydrogens is 356 g/mol. The van der Waals surface area contributed by atoms with Crippen LogP contribution in [0.5, 0.6) is 5.75 Å². The van der Waals surface area contributed by atoms with Crippen LogP contribution in [0.4, 0.5) is 5.69 Å². The van der Waals surface area contributed by atoms with E-state index in [-0.39, 0.29) is 24.2 Å². The van der Waals surface area contributed by atoms with Crippen molar-refractivity contribution in [1.82, 2.24) is 0 Å². The molecule has 0 bridgehead atoms. The minimum Gasteiger partial charge on any atom is -0.497 e. The van der Waals surface area contributed by atoms with Crippen LogP contribution in [-0.2, 0) is 11.3 Å². The van der Waals surface area contributed by atoms with Crippen LogP contribution in [0.25, 0.3) is 0 Å². The Balaban J connectivity index is 0.00000225. The van der Waals surface area contributed by atoms with Gasteiger partial charge in [0.2, 0.25) is 5.91 Å². The lowest BCUT2D eigenvalue weighted by Crippen LogP contribution is -2.38. The molecule has 1 heterocycles. The Labute approximate surface area is 159 Å². The third-order valence-electron chi connectivity index (χ3n) is 4.82. The van der Waals surface area contributed by atoms with Crippen molar-refractivity contribution < 1.29 is 9.53 Å². The first kappa shape index (κ1) is 19.8. The smallest absolute Gasteiger partial charge is 0.230 e. The summed E-state index contributed by atoms with van der Waals surface area (Å²) in [7, 11) is 1.65. The molecule has 0 unspecified atom stereocenters. The Morgan fingerprint density at radius 1 is 1.28 bits per heavy atom. The van der Waals surface area contributed by atoms with Crippen molar-refractivity contribution in [1.29, 1.82) is 0 Å². The normalized spacial score (nSPS) is 19.3. The number of hydrogen-bond donors (Lipinski definition) is 1. The summed E-state index contributed by atoms with van der Waals surface area (Å²) < 4.78 is 5.23. The number of nitrogens with two attached hydrogens (primary N) is 1. The van der Waals surface area contributed by atoms with Crippen molar-refractivity contribution in [2.75, 3.05) is 18.6 Å². The minimum atomic E-state index is 0. The average Bonchev–Trinajstić information content (AvgIpc) is 3.30. The summed E-state index contributed by atoms with van der Waals surface area (Å²) in [6, 6.07) is 11.8. The predicted octanol–water partition coefficient (Wildman–Crippen LogP) is 4.09. The highest BCUT2D eigenvalue weighted by atomic mass is 35.5. The van der Waals surface area contributed by atoms with Gasteiger partial charge in [-0.3, -0.25) is 4.79 Å². The van der Waals surface area contributed by atoms with Crippen LogP contribution in [-0.4, -0.2) is 19.6 Å². The van der Waals surface area contributed by atoms with E-state index in [1.54, 1.807) is 18.4 Å². The molecule has 4 nitrogen and oxygen atoms in total. The zero-order valence-electron chi connectivity index (χ0n) is 14.4. The largest absolute Gasteiger partial charge is 0.497 e. The van der Waals surface area contributed by atoms with Gasteiger partial charge in [-0.15, -0.1) is 23.7 Å². The number of nitrogens with zero attached hydrogens (tertiary/aromatic N) is 1. The number of carbonyl (C=O) groups excluding carboxylic acids is 1. The molecule has 3 rings (SSSR count). The molecule has 0 spiro atoms. The van der Waals surface area contributed by atoms with Crippen LogP contribution in [0.1, 0.15) is 24.1 Å². The minimum absolute atomic E-state index is 0. The molecular formula is C19H25ClN2O2S. The van der Waals surface area contributed by atoms with Gasteiger partial charge in [0, 0.05) is 16.5 Å². The van der Waals surface area contributed by atoms with Gasteiger partial charge in [-0.25, -0.2) is 0 Å². The fourth-order valence-corrected chi connectivity index (χ4v) is 4.15. The Hall–Kier alpha value is -1.56. The van der Waals surface area contributed by atoms with Crippen LogP contribution >= 0.6 is 23.7 Å². The molecule has 1 fully saturated rings. The van der Waals surface area contributed by atoms with Crippen molar-refractivity contribution in [3.63, 3.8) is 0 Å². The molecule has 2 aromatic rings. The fraction of sp³-hybridized carbons (Fsp3) is 0.421. The molecule has 1 aromatic carbocycles. The number of amides is 1. The number of halogens is 1. The topological polar surface area (TPSA) is 55.6 Å². The lowest BCUT2D eigenvalue weighted by Gasteiger charge is -2.28. The quantitative estimate of drug-likeness (QED) is 0.821. The van der Waals surface area contributed by atoms with E-state index in [0.29, 0.717) is 19.0 Å². The lowest BCUT2D eigenvalue weighted by molar-refractivity contribution is -0.123. The summed E-state index contributed by atoms with van der Waals surface area (Å²) in [6.07, 6.45) is 3.09. The van der Waals surface area contributed by atoms with E-state index >= 15 is 0 Å². The van der Waals surface area contributed by atoms with Gasteiger partial charge in [-0.2, -0.15) is 0 Å². The number of thiophene rings is 1. The fourth-order valence-electron chi connectivity index (χ4n) is 3.46. The number of benzene rings is 1. The van der Waals surface area contributed by atoms with Gasteiger partial charge in [0.05, 0.1) is 13.7 Å². The van der Waals surface area contributed by atoms with Crippen LogP contribution in [0.15, 0.2) is 41.8 Å². The molecule has 1 aliphatic rings. The van der Waals surface area contributed by atoms with E-state index in [9.17, 15) is 4.79 Å². The Kier molecular flexibility index (Phi) is 7.29. The van der Waals surface area contributed by atoms with Gasteiger partial charge in [0.25, 0.3) is 0 Å². The van der Waals surface area contributed by atoms with Crippen LogP contribution in [0, 0.1) is 11.8 Å². The van der Waals surface area contributed by atoms with Crippen molar-refractivity contribution in [3.8, 4) is 5.75 Å². The van der Waals surface area contributed by atoms with E-state index in [1.807, 2.05) is 40.6 Å². The highest BCUT2D eigenvalue weighted by molar-refractivity contribution is 7.09. The second-order valence-electron chi connectivity index (χ2n) is 6.23. The zero-order valence-corrected chi connectivity index (χ0v) is 16.0. The highest BCUT2D eigenvalue weighted by Gasteiger charge is 2.35. The van der Waals surface area contributed by atoms with Gasteiger partial charge in [0.1, 0.15) is 5.75 Å². The van der Waals surface area contributed by atoms with Crippen molar-refractivity contribution in [2.45, 2.75) is 25.8 Å². The molecule has 6 heteroatoms. The number of hydrogen-bond acceptors (Lipinski definition) is 4. The predicted molar refractivity (Wildman–Crippen MR) is 106 cm³/mol. The summed E-state index contributed by atoms with van der Waals surface area (Å²) in [5.41, 5.74) is 6.80. The van der Waals surface area contributed by atoms with Crippen molar-refractivity contribution in [2.24, 2.45) is 17.6 Å². The van der Waals surface area contributed by atoms with Crippen molar-refractivity contribution >= 4 is 35.3 Å². The van der Waals surface area contributed by atoms with Gasteiger partial charge < -0.3 is 15.4 Å². The first-order valence-electron chi connectivity index (χ1n) is 8.41. The van der Waals surface area contributed by atoms with E-state index < -0.39 is 0 Å². The van der Waals surface area contributed by atoms with E-state index in [0.717, 1.165) is 30.7 Å². The molecule has 1 amide bonds. The monoisotopic (exact) mass is 380 g/mol. The van der Waals surface area contributed by atoms with Crippen LogP contribution in [0.3, 0.4) is 0 Å². The Bertz CT molecular complexity index is 661. The molecule has 0 saturated heterocycles. The Morgan fingerprint density at radius 2 is 2.04 bits per heavy atom. The molecule has 1 saturated carbocycles. The summed E-state index contributed by atoms with van der Waals surface area (Å²) in [6.45, 7) is 1.20. The maximum atomic E-state index is 13.2. The number of rotatable bonds is 6. The molecule has 25 heavy (non-hydrogen) atoms. The van der Waals surface area contributed by atoms with Gasteiger partial charge in [-0.1, -0.05) is 12.5 Å². The molecule has 0 radical (unpaired) electrons. The zero-order chi connectivity index (χ0) is 16.9. The molecule has 1 aliphatic carbocycles. The first-order chi connectivity index (χ1) is 11.7. The number of ether oxygens (including phenoxy) is 1. The van der Waals surface area contributed by atoms with E-state index in [4.69, 9.17) is 10.5 Å². The number of methoxy groups -OCH3 is 1. The lowest BCUT2D eigenvalue weighted by atomic mass is 9.94. The van der Waals surface area contributed by atoms with Gasteiger partial charge in [-0.05, 0) is 61.0 Å². The second kappa shape index (κ2) is 9.22. The SMILES string of the molecule is COc1ccc(N(Cc2cccs2)C(=O)[C@@H]2CCC[C@@H]2CN)cc1.Cl. The molecule has 1 aromatic heterocycles. The average molecular weight is 381 g/mol. The van der Waals surface area contributed by atoms with Gasteiger partial charge >= 0.3 is 0 Å². The second-order valence-corrected chi connectivity index (χ2v) is 7.27. The summed E-state index contributed by atoms with van der Waals surface area (Å²) in [4.78, 5) is 16.3. The summed E-state index contributed by atoms with van der Waals surface area (Å²) in [5, 5.41) is 2.05. The van der Waals surface area contributed by atoms with Crippen LogP contribution < -0.4 is 15.4 Å². The van der Waals surface area contributed by atoms with Gasteiger partial charge in [0.15, 0.2) is 0 Å². The molecule has 136 valence electrons. The highest BCUT2D eigenvalue weighted by Crippen LogP contribution is 2.34. The van der Waals surface area contributed by atoms with E-state index in [1.165, 1.54) is 4.88 Å². The third-order valence-corrected chi connectivity index (χ3v) is 5.68. The maximum absolute atomic E-state index is 13.2. The standard InChI is InChI=1S/C19H24N2O2S.ClH/c1-23-16-9-7-15(8-10-16)21(13-17-5-3-11-24-17)19(22)18-6-2-4-14(18)12-20;/h3,5,7-11,14,18H,2,4,6,12-13,20H2,1H3;1H/t14-,18-;/m1./s1. The third kappa shape index (κ3) is 4.54. The number of carbonyl (C=O) groups is 1. The molecule has 2 N–H and O–H groups in total. The molecule has 0 aliphatic heterocycles. The first-order valence-corrected chi connectivity index (χ1v) is 9.28.